The Morgan fingerprint density at radius 1 is 1.08 bits per heavy atom. The van der Waals surface area contributed by atoms with Crippen molar-refractivity contribution in [2.75, 3.05) is 18.8 Å². The lowest BCUT2D eigenvalue weighted by atomic mass is 10.1. The molecule has 0 spiro atoms. The van der Waals surface area contributed by atoms with Crippen LogP contribution in [0, 0.1) is 0 Å². The highest BCUT2D eigenvalue weighted by atomic mass is 32.2. The minimum absolute atomic E-state index is 0.136. The number of hydrogen-bond donors (Lipinski definition) is 3. The van der Waals surface area contributed by atoms with Gasteiger partial charge in [-0.25, -0.2) is 13.1 Å². The lowest BCUT2D eigenvalue weighted by Gasteiger charge is -2.09. The molecule has 4 N–H and O–H groups in total. The highest BCUT2D eigenvalue weighted by Crippen LogP contribution is 2.22. The van der Waals surface area contributed by atoms with Crippen LogP contribution in [0.15, 0.2) is 47.4 Å². The number of anilines is 1. The van der Waals surface area contributed by atoms with E-state index >= 15 is 0 Å². The number of carbonyl (C=O) groups excluding carboxylic acids is 1. The first-order valence-corrected chi connectivity index (χ1v) is 9.73. The van der Waals surface area contributed by atoms with Crippen LogP contribution in [-0.2, 0) is 39.2 Å². The molecule has 8 heteroatoms. The van der Waals surface area contributed by atoms with Gasteiger partial charge in [0, 0.05) is 12.2 Å². The number of amides is 1. The van der Waals surface area contributed by atoms with Crippen LogP contribution in [0.3, 0.4) is 0 Å². The van der Waals surface area contributed by atoms with E-state index in [4.69, 9.17) is 10.5 Å². The molecule has 2 aromatic rings. The number of fused-ring (bicyclic) bond motifs is 1. The molecule has 1 heterocycles. The summed E-state index contributed by atoms with van der Waals surface area (Å²) in [5.41, 5.74) is 9.20. The molecular formula is C18H21N3O4S. The third-order valence-electron chi connectivity index (χ3n) is 4.14. The van der Waals surface area contributed by atoms with Crippen molar-refractivity contribution < 1.29 is 17.9 Å². The molecule has 0 atom stereocenters. The van der Waals surface area contributed by atoms with Crippen molar-refractivity contribution in [2.45, 2.75) is 24.5 Å². The maximum atomic E-state index is 12.3. The first-order chi connectivity index (χ1) is 12.4. The monoisotopic (exact) mass is 375 g/mol. The molecule has 138 valence electrons. The highest BCUT2D eigenvalue weighted by Gasteiger charge is 2.19. The second-order valence-electron chi connectivity index (χ2n) is 6.09. The summed E-state index contributed by atoms with van der Waals surface area (Å²) in [5, 5.41) is 2.69. The first kappa shape index (κ1) is 18.4. The predicted octanol–water partition coefficient (Wildman–Crippen LogP) is 0.936. The lowest BCUT2D eigenvalue weighted by Crippen LogP contribution is -2.37. The Hall–Kier alpha value is -2.42. The highest BCUT2D eigenvalue weighted by molar-refractivity contribution is 7.89. The van der Waals surface area contributed by atoms with Crippen LogP contribution >= 0.6 is 0 Å². The fraction of sp³-hybridized carbons (Fsp3) is 0.278. The minimum Gasteiger partial charge on any atom is -0.399 e. The Bertz CT molecular complexity index is 895. The van der Waals surface area contributed by atoms with Crippen LogP contribution in [0.5, 0.6) is 0 Å². The normalized spacial score (nSPS) is 13.4. The number of rotatable bonds is 7. The number of benzene rings is 2. The van der Waals surface area contributed by atoms with Crippen LogP contribution < -0.4 is 15.8 Å². The largest absolute Gasteiger partial charge is 0.399 e. The number of nitrogen functional groups attached to an aromatic ring is 1. The summed E-state index contributed by atoms with van der Waals surface area (Å²) in [4.78, 5) is 12.0. The van der Waals surface area contributed by atoms with Crippen molar-refractivity contribution in [2.24, 2.45) is 0 Å². The fourth-order valence-electron chi connectivity index (χ4n) is 2.65. The molecule has 0 saturated carbocycles. The number of nitrogens with one attached hydrogen (secondary N) is 2. The smallest absolute Gasteiger partial charge is 0.241 e. The molecule has 0 aromatic heterocycles. The van der Waals surface area contributed by atoms with E-state index in [1.165, 1.54) is 6.07 Å². The van der Waals surface area contributed by atoms with Gasteiger partial charge in [0.2, 0.25) is 15.9 Å². The molecule has 0 aliphatic carbocycles. The molecule has 1 aliphatic rings. The molecular weight excluding hydrogens is 354 g/mol. The second kappa shape index (κ2) is 7.86. The third-order valence-corrected chi connectivity index (χ3v) is 5.54. The number of hydrogen-bond acceptors (Lipinski definition) is 5. The molecule has 0 saturated heterocycles. The van der Waals surface area contributed by atoms with E-state index < -0.39 is 10.0 Å². The van der Waals surface area contributed by atoms with E-state index in [0.29, 0.717) is 31.9 Å². The van der Waals surface area contributed by atoms with Gasteiger partial charge < -0.3 is 15.8 Å². The van der Waals surface area contributed by atoms with Crippen LogP contribution in [-0.4, -0.2) is 27.4 Å². The molecule has 1 aliphatic heterocycles. The van der Waals surface area contributed by atoms with Gasteiger partial charge in [-0.3, -0.25) is 4.79 Å². The molecule has 0 fully saturated rings. The molecule has 0 bridgehead atoms. The Kier molecular flexibility index (Phi) is 5.55. The minimum atomic E-state index is -3.74. The van der Waals surface area contributed by atoms with Gasteiger partial charge in [-0.2, -0.15) is 0 Å². The Morgan fingerprint density at radius 2 is 1.81 bits per heavy atom. The van der Waals surface area contributed by atoms with Crippen molar-refractivity contribution in [3.63, 3.8) is 0 Å². The first-order valence-electron chi connectivity index (χ1n) is 8.24. The topological polar surface area (TPSA) is 111 Å². The van der Waals surface area contributed by atoms with E-state index in [2.05, 4.69) is 10.0 Å². The maximum absolute atomic E-state index is 12.3. The average Bonchev–Trinajstić information content (AvgIpc) is 3.09. The van der Waals surface area contributed by atoms with E-state index in [1.807, 2.05) is 12.1 Å². The van der Waals surface area contributed by atoms with Gasteiger partial charge in [-0.1, -0.05) is 18.2 Å². The molecule has 26 heavy (non-hydrogen) atoms. The van der Waals surface area contributed by atoms with Crippen molar-refractivity contribution in [3.05, 3.63) is 59.2 Å². The predicted molar refractivity (Wildman–Crippen MR) is 97.7 cm³/mol. The van der Waals surface area contributed by atoms with Crippen LogP contribution in [0.2, 0.25) is 0 Å². The summed E-state index contributed by atoms with van der Waals surface area (Å²) < 4.78 is 32.2. The zero-order valence-corrected chi connectivity index (χ0v) is 15.0. The molecule has 0 radical (unpaired) electrons. The third kappa shape index (κ3) is 4.60. The van der Waals surface area contributed by atoms with Gasteiger partial charge in [0.05, 0.1) is 24.7 Å². The zero-order valence-electron chi connectivity index (χ0n) is 14.2. The molecule has 0 unspecified atom stereocenters. The van der Waals surface area contributed by atoms with Gasteiger partial charge in [0.15, 0.2) is 0 Å². The Morgan fingerprint density at radius 3 is 2.58 bits per heavy atom. The van der Waals surface area contributed by atoms with Gasteiger partial charge in [-0.05, 0) is 47.4 Å². The van der Waals surface area contributed by atoms with Gasteiger partial charge in [0.1, 0.15) is 0 Å². The fourth-order valence-corrected chi connectivity index (χ4v) is 3.68. The Balaban J connectivity index is 1.48. The quantitative estimate of drug-likeness (QED) is 0.624. The summed E-state index contributed by atoms with van der Waals surface area (Å²) >= 11 is 0. The van der Waals surface area contributed by atoms with Crippen molar-refractivity contribution in [1.82, 2.24) is 10.0 Å². The SMILES string of the molecule is Nc1ccc(CCNC(=O)CNS(=O)(=O)c2ccc3c(c2)COC3)cc1. The number of sulfonamides is 1. The van der Waals surface area contributed by atoms with Gasteiger partial charge >= 0.3 is 0 Å². The summed E-state index contributed by atoms with van der Waals surface area (Å²) in [5.74, 6) is -0.381. The van der Waals surface area contributed by atoms with Crippen molar-refractivity contribution in [1.29, 1.82) is 0 Å². The van der Waals surface area contributed by atoms with Gasteiger partial charge in [-0.15, -0.1) is 0 Å². The van der Waals surface area contributed by atoms with Crippen molar-refractivity contribution in [3.8, 4) is 0 Å². The maximum Gasteiger partial charge on any atom is 0.241 e. The zero-order chi connectivity index (χ0) is 18.6. The molecule has 1 amide bonds. The van der Waals surface area contributed by atoms with Crippen LogP contribution in [0.4, 0.5) is 5.69 Å². The van der Waals surface area contributed by atoms with Gasteiger partial charge in [0.25, 0.3) is 0 Å². The standard InChI is InChI=1S/C18H21N3O4S/c19-16-4-1-13(2-5-16)7-8-20-18(22)10-21-26(23,24)17-6-3-14-11-25-12-15(14)9-17/h1-6,9,21H,7-8,10-12,19H2,(H,20,22). The van der Waals surface area contributed by atoms with Crippen LogP contribution in [0.25, 0.3) is 0 Å². The van der Waals surface area contributed by atoms with E-state index in [1.54, 1.807) is 24.3 Å². The summed E-state index contributed by atoms with van der Waals surface area (Å²) in [6, 6.07) is 12.2. The molecule has 3 rings (SSSR count). The molecule has 2 aromatic carbocycles. The lowest BCUT2D eigenvalue weighted by molar-refractivity contribution is -0.119. The Labute approximate surface area is 152 Å². The van der Waals surface area contributed by atoms with E-state index in [0.717, 1.165) is 16.7 Å². The van der Waals surface area contributed by atoms with Crippen molar-refractivity contribution >= 4 is 21.6 Å². The van der Waals surface area contributed by atoms with Crippen LogP contribution in [0.1, 0.15) is 16.7 Å². The average molecular weight is 375 g/mol. The van der Waals surface area contributed by atoms with E-state index in [-0.39, 0.29) is 17.3 Å². The summed E-state index contributed by atoms with van der Waals surface area (Å²) in [6.45, 7) is 1.02. The number of ether oxygens (including phenoxy) is 1. The van der Waals surface area contributed by atoms with E-state index in [9.17, 15) is 13.2 Å². The second-order valence-corrected chi connectivity index (χ2v) is 7.86. The number of carbonyl (C=O) groups is 1. The summed E-state index contributed by atoms with van der Waals surface area (Å²) in [6.07, 6.45) is 0.642. The summed E-state index contributed by atoms with van der Waals surface area (Å²) in [7, 11) is -3.74. The molecule has 7 nitrogen and oxygen atoms in total. The number of nitrogens with two attached hydrogens (primary N) is 1.